The van der Waals surface area contributed by atoms with Gasteiger partial charge in [-0.25, -0.2) is 0 Å². The highest BCUT2D eigenvalue weighted by atomic mass is 16.5. The topological polar surface area (TPSA) is 46.6 Å². The lowest BCUT2D eigenvalue weighted by molar-refractivity contribution is -0.141. The van der Waals surface area contributed by atoms with Crippen molar-refractivity contribution >= 4 is 11.7 Å². The van der Waals surface area contributed by atoms with Crippen LogP contribution in [0.2, 0.25) is 0 Å². The van der Waals surface area contributed by atoms with Crippen LogP contribution in [0.25, 0.3) is 0 Å². The number of nitrogens with zero attached hydrogens (tertiary/aromatic N) is 1. The van der Waals surface area contributed by atoms with E-state index in [0.29, 0.717) is 24.8 Å². The summed E-state index contributed by atoms with van der Waals surface area (Å²) in [6, 6.07) is 0.309. The van der Waals surface area contributed by atoms with Gasteiger partial charge in [0, 0.05) is 37.4 Å². The fourth-order valence-electron chi connectivity index (χ4n) is 4.73. The highest BCUT2D eigenvalue weighted by molar-refractivity contribution is 5.97. The Hall–Kier alpha value is -1.58. The van der Waals surface area contributed by atoms with Crippen molar-refractivity contribution in [2.45, 2.75) is 64.8 Å². The summed E-state index contributed by atoms with van der Waals surface area (Å²) in [6.45, 7) is 8.53. The van der Waals surface area contributed by atoms with E-state index in [9.17, 15) is 9.59 Å². The van der Waals surface area contributed by atoms with Gasteiger partial charge in [-0.2, -0.15) is 0 Å². The normalized spacial score (nSPS) is 31.6. The fourth-order valence-corrected chi connectivity index (χ4v) is 4.73. The number of fused-ring (bicyclic) bond motifs is 1. The molecule has 0 saturated carbocycles. The molecule has 4 nitrogen and oxygen atoms in total. The zero-order chi connectivity index (χ0) is 16.6. The van der Waals surface area contributed by atoms with Crippen LogP contribution < -0.4 is 0 Å². The van der Waals surface area contributed by atoms with Crippen LogP contribution in [-0.4, -0.2) is 29.2 Å². The summed E-state index contributed by atoms with van der Waals surface area (Å²) in [5, 5.41) is 0. The van der Waals surface area contributed by atoms with Crippen molar-refractivity contribution in [1.82, 2.24) is 4.90 Å². The molecule has 2 unspecified atom stereocenters. The Labute approximate surface area is 138 Å². The largest absolute Gasteiger partial charge is 0.470 e. The maximum absolute atomic E-state index is 12.8. The number of carbonyl (C=O) groups excluding carboxylic acids is 2. The molecule has 1 spiro atoms. The summed E-state index contributed by atoms with van der Waals surface area (Å²) < 4.78 is 5.65. The molecule has 0 aromatic carbocycles. The SMILES string of the molecule is C=COC1=C(C(C)C)C(=O)CC2(CCN3C(=O)CCCC3C2)C1. The molecule has 2 saturated heterocycles. The van der Waals surface area contributed by atoms with E-state index in [-0.39, 0.29) is 17.1 Å². The average molecular weight is 317 g/mol. The molecule has 0 aromatic heterocycles. The van der Waals surface area contributed by atoms with Crippen LogP contribution in [0.5, 0.6) is 0 Å². The third-order valence-corrected chi connectivity index (χ3v) is 5.72. The second-order valence-electron chi connectivity index (χ2n) is 7.64. The van der Waals surface area contributed by atoms with Gasteiger partial charge in [-0.05, 0) is 37.0 Å². The van der Waals surface area contributed by atoms with Crippen LogP contribution in [0.3, 0.4) is 0 Å². The van der Waals surface area contributed by atoms with Crippen LogP contribution in [0.1, 0.15) is 58.8 Å². The first-order chi connectivity index (χ1) is 11.0. The van der Waals surface area contributed by atoms with Crippen LogP contribution in [-0.2, 0) is 14.3 Å². The minimum atomic E-state index is -0.0351. The highest BCUT2D eigenvalue weighted by Gasteiger charge is 2.47. The summed E-state index contributed by atoms with van der Waals surface area (Å²) >= 11 is 0. The van der Waals surface area contributed by atoms with Crippen molar-refractivity contribution in [3.63, 3.8) is 0 Å². The number of allylic oxidation sites excluding steroid dienone is 2. The summed E-state index contributed by atoms with van der Waals surface area (Å²) in [7, 11) is 0. The van der Waals surface area contributed by atoms with E-state index in [1.807, 2.05) is 13.8 Å². The second kappa shape index (κ2) is 6.14. The van der Waals surface area contributed by atoms with Crippen molar-refractivity contribution in [3.05, 3.63) is 24.2 Å². The molecule has 2 heterocycles. The molecule has 23 heavy (non-hydrogen) atoms. The van der Waals surface area contributed by atoms with E-state index in [1.165, 1.54) is 6.26 Å². The van der Waals surface area contributed by atoms with Gasteiger partial charge in [-0.1, -0.05) is 20.4 Å². The quantitative estimate of drug-likeness (QED) is 0.747. The molecule has 3 rings (SSSR count). The average Bonchev–Trinajstić information content (AvgIpc) is 2.46. The number of ketones is 1. The van der Waals surface area contributed by atoms with Gasteiger partial charge in [-0.3, -0.25) is 9.59 Å². The zero-order valence-corrected chi connectivity index (χ0v) is 14.3. The van der Waals surface area contributed by atoms with Gasteiger partial charge >= 0.3 is 0 Å². The maximum atomic E-state index is 12.8. The number of carbonyl (C=O) groups is 2. The molecule has 2 aliphatic heterocycles. The predicted molar refractivity (Wildman–Crippen MR) is 88.4 cm³/mol. The smallest absolute Gasteiger partial charge is 0.222 e. The van der Waals surface area contributed by atoms with Crippen LogP contribution >= 0.6 is 0 Å². The standard InChI is InChI=1S/C19H27NO3/c1-4-23-16-12-19(11-15(21)18(16)13(2)3)8-9-20-14(10-19)6-5-7-17(20)22/h4,13-14H,1,5-12H2,2-3H3. The molecule has 0 aromatic rings. The van der Waals surface area contributed by atoms with E-state index < -0.39 is 0 Å². The Bertz CT molecular complexity index is 563. The molecule has 1 amide bonds. The van der Waals surface area contributed by atoms with Gasteiger partial charge in [0.1, 0.15) is 5.76 Å². The molecular weight excluding hydrogens is 290 g/mol. The number of piperidine rings is 2. The molecule has 2 atom stereocenters. The van der Waals surface area contributed by atoms with E-state index in [2.05, 4.69) is 11.5 Å². The number of amides is 1. The first-order valence-electron chi connectivity index (χ1n) is 8.79. The third-order valence-electron chi connectivity index (χ3n) is 5.72. The number of hydrogen-bond acceptors (Lipinski definition) is 3. The summed E-state index contributed by atoms with van der Waals surface area (Å²) in [4.78, 5) is 26.9. The number of hydrogen-bond donors (Lipinski definition) is 0. The van der Waals surface area contributed by atoms with Crippen molar-refractivity contribution < 1.29 is 14.3 Å². The monoisotopic (exact) mass is 317 g/mol. The van der Waals surface area contributed by atoms with Crippen LogP contribution in [0.4, 0.5) is 0 Å². The molecule has 3 aliphatic rings. The predicted octanol–water partition coefficient (Wildman–Crippen LogP) is 3.58. The molecule has 1 aliphatic carbocycles. The first kappa shape index (κ1) is 16.3. The lowest BCUT2D eigenvalue weighted by Crippen LogP contribution is -2.53. The molecule has 0 bridgehead atoms. The molecule has 0 radical (unpaired) electrons. The Morgan fingerprint density at radius 3 is 2.83 bits per heavy atom. The minimum Gasteiger partial charge on any atom is -0.470 e. The van der Waals surface area contributed by atoms with E-state index in [4.69, 9.17) is 4.74 Å². The van der Waals surface area contributed by atoms with Crippen LogP contribution in [0, 0.1) is 11.3 Å². The Morgan fingerprint density at radius 2 is 2.13 bits per heavy atom. The maximum Gasteiger partial charge on any atom is 0.222 e. The second-order valence-corrected chi connectivity index (χ2v) is 7.64. The van der Waals surface area contributed by atoms with Crippen molar-refractivity contribution in [2.24, 2.45) is 11.3 Å². The summed E-state index contributed by atoms with van der Waals surface area (Å²) in [5.74, 6) is 1.49. The number of rotatable bonds is 3. The zero-order valence-electron chi connectivity index (χ0n) is 14.3. The summed E-state index contributed by atoms with van der Waals surface area (Å²) in [6.07, 6.45) is 7.40. The summed E-state index contributed by atoms with van der Waals surface area (Å²) in [5.41, 5.74) is 0.796. The fraction of sp³-hybridized carbons (Fsp3) is 0.684. The Balaban J connectivity index is 1.85. The first-order valence-corrected chi connectivity index (χ1v) is 8.79. The highest BCUT2D eigenvalue weighted by Crippen LogP contribution is 2.49. The van der Waals surface area contributed by atoms with Crippen molar-refractivity contribution in [1.29, 1.82) is 0 Å². The molecule has 0 N–H and O–H groups in total. The Kier molecular flexibility index (Phi) is 4.35. The van der Waals surface area contributed by atoms with Gasteiger partial charge < -0.3 is 9.64 Å². The lowest BCUT2D eigenvalue weighted by Gasteiger charge is -2.50. The Morgan fingerprint density at radius 1 is 1.35 bits per heavy atom. The van der Waals surface area contributed by atoms with Gasteiger partial charge in [0.05, 0.1) is 6.26 Å². The van der Waals surface area contributed by atoms with E-state index in [0.717, 1.165) is 50.0 Å². The minimum absolute atomic E-state index is 0.0351. The van der Waals surface area contributed by atoms with Gasteiger partial charge in [-0.15, -0.1) is 0 Å². The number of Topliss-reactive ketones (excluding diaryl/α,β-unsaturated/α-hetero) is 1. The molecule has 4 heteroatoms. The molecule has 126 valence electrons. The van der Waals surface area contributed by atoms with E-state index >= 15 is 0 Å². The molecular formula is C19H27NO3. The lowest BCUT2D eigenvalue weighted by atomic mass is 9.64. The number of ether oxygens (including phenoxy) is 1. The van der Waals surface area contributed by atoms with Gasteiger partial charge in [0.25, 0.3) is 0 Å². The third kappa shape index (κ3) is 2.96. The van der Waals surface area contributed by atoms with E-state index in [1.54, 1.807) is 0 Å². The molecule has 2 fully saturated rings. The van der Waals surface area contributed by atoms with Crippen molar-refractivity contribution in [2.75, 3.05) is 6.54 Å². The van der Waals surface area contributed by atoms with Crippen LogP contribution in [0.15, 0.2) is 24.2 Å². The van der Waals surface area contributed by atoms with Crippen molar-refractivity contribution in [3.8, 4) is 0 Å². The van der Waals surface area contributed by atoms with Gasteiger partial charge in [0.2, 0.25) is 5.91 Å². The van der Waals surface area contributed by atoms with Gasteiger partial charge in [0.15, 0.2) is 5.78 Å².